The van der Waals surface area contributed by atoms with E-state index in [0.29, 0.717) is 0 Å². The van der Waals surface area contributed by atoms with Gasteiger partial charge in [-0.3, -0.25) is 4.79 Å². The molecule has 9 nitrogen and oxygen atoms in total. The highest BCUT2D eigenvalue weighted by atomic mass is 32.2. The van der Waals surface area contributed by atoms with Crippen molar-refractivity contribution < 1.29 is 37.4 Å². The molecule has 2 atom stereocenters. The van der Waals surface area contributed by atoms with Crippen LogP contribution in [0.4, 0.5) is 4.79 Å². The van der Waals surface area contributed by atoms with Crippen LogP contribution in [-0.2, 0) is 29.8 Å². The SMILES string of the molecule is CC(C)(C)OC(=O)CCC(C[C@@H](NC(=O)OCC1c2ccccc2-c2ccccc21)C(=O)O)[SH](=O)=O. The van der Waals surface area contributed by atoms with E-state index in [1.165, 1.54) is 0 Å². The van der Waals surface area contributed by atoms with E-state index < -0.39 is 52.0 Å². The maximum Gasteiger partial charge on any atom is 0.407 e. The lowest BCUT2D eigenvalue weighted by molar-refractivity contribution is -0.154. The van der Waals surface area contributed by atoms with Gasteiger partial charge in [0.05, 0.1) is 5.25 Å². The van der Waals surface area contributed by atoms with Crippen molar-refractivity contribution in [3.8, 4) is 11.1 Å². The molecule has 0 saturated carbocycles. The van der Waals surface area contributed by atoms with E-state index in [1.807, 2.05) is 48.5 Å². The summed E-state index contributed by atoms with van der Waals surface area (Å²) in [7, 11) is -3.05. The molecule has 0 spiro atoms. The minimum absolute atomic E-state index is 0.00983. The van der Waals surface area contributed by atoms with Gasteiger partial charge in [-0.1, -0.05) is 48.5 Å². The Morgan fingerprint density at radius 3 is 2.06 bits per heavy atom. The fourth-order valence-corrected chi connectivity index (χ4v) is 4.99. The van der Waals surface area contributed by atoms with Gasteiger partial charge in [-0.15, -0.1) is 0 Å². The molecule has 1 aliphatic carbocycles. The Labute approximate surface area is 211 Å². The third kappa shape index (κ3) is 7.07. The van der Waals surface area contributed by atoms with E-state index in [9.17, 15) is 27.9 Å². The fourth-order valence-electron chi connectivity index (χ4n) is 4.26. The minimum atomic E-state index is -3.05. The van der Waals surface area contributed by atoms with Crippen LogP contribution in [0.1, 0.15) is 57.1 Å². The summed E-state index contributed by atoms with van der Waals surface area (Å²) in [6.07, 6.45) is -1.68. The largest absolute Gasteiger partial charge is 0.480 e. The van der Waals surface area contributed by atoms with Gasteiger partial charge in [0, 0.05) is 12.3 Å². The van der Waals surface area contributed by atoms with Crippen LogP contribution in [0.2, 0.25) is 0 Å². The normalized spacial score (nSPS) is 14.4. The Balaban J connectivity index is 1.60. The molecule has 1 aliphatic rings. The van der Waals surface area contributed by atoms with Crippen LogP contribution < -0.4 is 5.32 Å². The number of carbonyl (C=O) groups is 3. The molecule has 36 heavy (non-hydrogen) atoms. The van der Waals surface area contributed by atoms with Crippen molar-refractivity contribution in [3.63, 3.8) is 0 Å². The molecule has 0 aromatic heterocycles. The van der Waals surface area contributed by atoms with Crippen molar-refractivity contribution in [2.24, 2.45) is 0 Å². The zero-order valence-corrected chi connectivity index (χ0v) is 21.3. The number of hydrogen-bond acceptors (Lipinski definition) is 7. The molecular formula is C26H31NO8S. The molecule has 0 radical (unpaired) electrons. The van der Waals surface area contributed by atoms with E-state index >= 15 is 0 Å². The molecule has 0 saturated heterocycles. The van der Waals surface area contributed by atoms with E-state index in [-0.39, 0.29) is 25.4 Å². The first kappa shape index (κ1) is 27.2. The number of fused-ring (bicyclic) bond motifs is 3. The van der Waals surface area contributed by atoms with Crippen LogP contribution in [0.25, 0.3) is 11.1 Å². The number of thiol groups is 1. The van der Waals surface area contributed by atoms with Gasteiger partial charge in [0.15, 0.2) is 0 Å². The molecule has 0 aliphatic heterocycles. The van der Waals surface area contributed by atoms with Gasteiger partial charge < -0.3 is 19.9 Å². The number of nitrogens with one attached hydrogen (secondary N) is 1. The summed E-state index contributed by atoms with van der Waals surface area (Å²) in [5.41, 5.74) is 3.40. The number of rotatable bonds is 10. The van der Waals surface area contributed by atoms with Crippen molar-refractivity contribution in [3.05, 3.63) is 59.7 Å². The molecule has 194 valence electrons. The highest BCUT2D eigenvalue weighted by molar-refractivity contribution is 7.73. The molecule has 10 heteroatoms. The van der Waals surface area contributed by atoms with E-state index in [0.717, 1.165) is 22.3 Å². The summed E-state index contributed by atoms with van der Waals surface area (Å²) < 4.78 is 34.0. The van der Waals surface area contributed by atoms with Crippen LogP contribution in [-0.4, -0.2) is 55.1 Å². The van der Waals surface area contributed by atoms with Gasteiger partial charge in [0.1, 0.15) is 29.0 Å². The highest BCUT2D eigenvalue weighted by Crippen LogP contribution is 2.44. The summed E-state index contributed by atoms with van der Waals surface area (Å²) in [4.78, 5) is 36.2. The number of carboxylic acids is 1. The van der Waals surface area contributed by atoms with Gasteiger partial charge in [-0.25, -0.2) is 18.0 Å². The van der Waals surface area contributed by atoms with E-state index in [4.69, 9.17) is 9.47 Å². The van der Waals surface area contributed by atoms with Gasteiger partial charge >= 0.3 is 18.0 Å². The first-order valence-electron chi connectivity index (χ1n) is 11.7. The highest BCUT2D eigenvalue weighted by Gasteiger charge is 2.31. The molecule has 2 N–H and O–H groups in total. The standard InChI is InChI=1S/C26H31NO8S/c1-26(2,3)35-23(28)13-12-16(36(32)33)14-22(24(29)30)27-25(31)34-15-21-19-10-6-4-8-17(19)18-9-5-7-11-20(18)21/h4-11,16,21-22,36H,12-15H2,1-3H3,(H,27,31)(H,29,30)/t16?,22-/m1/s1. The van der Waals surface area contributed by atoms with Crippen LogP contribution in [0.5, 0.6) is 0 Å². The lowest BCUT2D eigenvalue weighted by Crippen LogP contribution is -2.43. The number of aliphatic carboxylic acids is 1. The summed E-state index contributed by atoms with van der Waals surface area (Å²) in [6, 6.07) is 14.1. The summed E-state index contributed by atoms with van der Waals surface area (Å²) in [6.45, 7) is 5.06. The van der Waals surface area contributed by atoms with Crippen molar-refractivity contribution in [2.45, 2.75) is 62.8 Å². The van der Waals surface area contributed by atoms with E-state index in [1.54, 1.807) is 20.8 Å². The number of alkyl carbamates (subject to hydrolysis) is 1. The lowest BCUT2D eigenvalue weighted by atomic mass is 9.98. The fraction of sp³-hybridized carbons (Fsp3) is 0.423. The summed E-state index contributed by atoms with van der Waals surface area (Å²) >= 11 is 0. The molecule has 2 aromatic carbocycles. The van der Waals surface area contributed by atoms with Crippen LogP contribution in [0.3, 0.4) is 0 Å². The molecule has 1 unspecified atom stereocenters. The Morgan fingerprint density at radius 2 is 1.56 bits per heavy atom. The predicted octanol–water partition coefficient (Wildman–Crippen LogP) is 3.47. The predicted molar refractivity (Wildman–Crippen MR) is 133 cm³/mol. The lowest BCUT2D eigenvalue weighted by Gasteiger charge is -2.21. The van der Waals surface area contributed by atoms with Crippen molar-refractivity contribution in [1.29, 1.82) is 0 Å². The van der Waals surface area contributed by atoms with Crippen LogP contribution >= 0.6 is 0 Å². The number of carboxylic acid groups (broad SMARTS) is 1. The van der Waals surface area contributed by atoms with Crippen molar-refractivity contribution >= 4 is 28.7 Å². The first-order valence-corrected chi connectivity index (χ1v) is 12.9. The molecule has 0 fully saturated rings. The number of esters is 1. The third-order valence-corrected chi connectivity index (χ3v) is 6.91. The Hall–Kier alpha value is -3.40. The van der Waals surface area contributed by atoms with Crippen molar-refractivity contribution in [1.82, 2.24) is 5.32 Å². The van der Waals surface area contributed by atoms with Gasteiger partial charge in [0.25, 0.3) is 0 Å². The zero-order valence-electron chi connectivity index (χ0n) is 20.4. The number of carbonyl (C=O) groups excluding carboxylic acids is 2. The molecular weight excluding hydrogens is 486 g/mol. The molecule has 0 heterocycles. The van der Waals surface area contributed by atoms with Crippen LogP contribution in [0.15, 0.2) is 48.5 Å². The number of hydrogen-bond donors (Lipinski definition) is 3. The Morgan fingerprint density at radius 1 is 1.00 bits per heavy atom. The first-order chi connectivity index (χ1) is 17.0. The number of amides is 1. The number of benzene rings is 2. The molecule has 2 aromatic rings. The summed E-state index contributed by atoms with van der Waals surface area (Å²) in [5, 5.41) is 10.7. The Kier molecular flexibility index (Phi) is 8.73. The van der Waals surface area contributed by atoms with Gasteiger partial charge in [-0.2, -0.15) is 0 Å². The van der Waals surface area contributed by atoms with Gasteiger partial charge in [0.2, 0.25) is 0 Å². The number of ether oxygens (including phenoxy) is 2. The second kappa shape index (κ2) is 11.6. The van der Waals surface area contributed by atoms with Gasteiger partial charge in [-0.05, 0) is 55.9 Å². The Bertz CT molecular complexity index is 1150. The second-order valence-electron chi connectivity index (χ2n) is 9.66. The summed E-state index contributed by atoms with van der Waals surface area (Å²) in [5.74, 6) is -2.19. The maximum atomic E-state index is 12.5. The van der Waals surface area contributed by atoms with E-state index in [2.05, 4.69) is 5.32 Å². The average molecular weight is 518 g/mol. The monoisotopic (exact) mass is 517 g/mol. The van der Waals surface area contributed by atoms with Crippen molar-refractivity contribution in [2.75, 3.05) is 6.61 Å². The topological polar surface area (TPSA) is 136 Å². The second-order valence-corrected chi connectivity index (χ2v) is 11.0. The molecule has 1 amide bonds. The zero-order chi connectivity index (χ0) is 26.5. The molecule has 3 rings (SSSR count). The third-order valence-electron chi connectivity index (χ3n) is 5.84. The molecule has 0 bridgehead atoms. The maximum absolute atomic E-state index is 12.5. The van der Waals surface area contributed by atoms with Crippen LogP contribution in [0, 0.1) is 0 Å². The quantitative estimate of drug-likeness (QED) is 0.322. The minimum Gasteiger partial charge on any atom is -0.480 e. The smallest absolute Gasteiger partial charge is 0.407 e. The average Bonchev–Trinajstić information content (AvgIpc) is 3.12.